The highest BCUT2D eigenvalue weighted by Gasteiger charge is 2.24. The first-order chi connectivity index (χ1) is 13.8. The number of benzene rings is 1. The SMILES string of the molecule is CC(C)(C)OC(=O)NCCNC1=CC(=O)c2nc3ccccc3c3ccnc1c23. The van der Waals surface area contributed by atoms with Gasteiger partial charge in [0.05, 0.1) is 16.9 Å². The quantitative estimate of drug-likeness (QED) is 0.524. The van der Waals surface area contributed by atoms with Crippen LogP contribution in [0.15, 0.2) is 42.6 Å². The van der Waals surface area contributed by atoms with Crippen molar-refractivity contribution in [3.63, 3.8) is 0 Å². The summed E-state index contributed by atoms with van der Waals surface area (Å²) in [5, 5.41) is 8.57. The van der Waals surface area contributed by atoms with Crippen molar-refractivity contribution < 1.29 is 14.3 Å². The van der Waals surface area contributed by atoms with E-state index >= 15 is 0 Å². The van der Waals surface area contributed by atoms with Gasteiger partial charge in [-0.25, -0.2) is 9.78 Å². The van der Waals surface area contributed by atoms with Gasteiger partial charge in [-0.3, -0.25) is 9.78 Å². The van der Waals surface area contributed by atoms with Crippen LogP contribution in [0.2, 0.25) is 0 Å². The van der Waals surface area contributed by atoms with Crippen LogP contribution in [-0.4, -0.2) is 40.5 Å². The van der Waals surface area contributed by atoms with Crippen molar-refractivity contribution in [3.8, 4) is 0 Å². The van der Waals surface area contributed by atoms with Crippen LogP contribution >= 0.6 is 0 Å². The second-order valence-corrected chi connectivity index (χ2v) is 7.84. The van der Waals surface area contributed by atoms with E-state index in [0.717, 1.165) is 21.7 Å². The molecule has 29 heavy (non-hydrogen) atoms. The monoisotopic (exact) mass is 390 g/mol. The lowest BCUT2D eigenvalue weighted by atomic mass is 9.95. The Labute approximate surface area is 168 Å². The number of rotatable bonds is 4. The molecule has 2 N–H and O–H groups in total. The van der Waals surface area contributed by atoms with Crippen LogP contribution in [0.3, 0.4) is 0 Å². The highest BCUT2D eigenvalue weighted by Crippen LogP contribution is 2.33. The third-order valence-corrected chi connectivity index (χ3v) is 4.49. The fraction of sp³-hybridized carbons (Fsp3) is 0.273. The van der Waals surface area contributed by atoms with Crippen molar-refractivity contribution in [1.29, 1.82) is 0 Å². The van der Waals surface area contributed by atoms with Crippen LogP contribution in [0, 0.1) is 0 Å². The summed E-state index contributed by atoms with van der Waals surface area (Å²) in [6, 6.07) is 9.66. The Balaban J connectivity index is 1.57. The number of pyridine rings is 2. The van der Waals surface area contributed by atoms with Crippen molar-refractivity contribution in [2.75, 3.05) is 13.1 Å². The van der Waals surface area contributed by atoms with E-state index in [4.69, 9.17) is 4.74 Å². The molecular formula is C22H22N4O3. The number of alkyl carbamates (subject to hydrolysis) is 1. The molecule has 0 saturated heterocycles. The van der Waals surface area contributed by atoms with Crippen molar-refractivity contribution >= 4 is 39.2 Å². The summed E-state index contributed by atoms with van der Waals surface area (Å²) < 4.78 is 5.21. The molecule has 0 bridgehead atoms. The standard InChI is InChI=1S/C22H22N4O3/c1-22(2,3)29-21(28)25-11-10-23-16-12-17(27)20-18-14(8-9-24-19(16)18)13-6-4-5-7-15(13)26-20/h4-9,12,23H,10-11H2,1-3H3,(H,25,28). The topological polar surface area (TPSA) is 93.2 Å². The predicted octanol–water partition coefficient (Wildman–Crippen LogP) is 3.43. The van der Waals surface area contributed by atoms with Crippen molar-refractivity contribution in [1.82, 2.24) is 20.6 Å². The van der Waals surface area contributed by atoms with E-state index in [2.05, 4.69) is 20.6 Å². The number of nitrogens with zero attached hydrogens (tertiary/aromatic N) is 2. The highest BCUT2D eigenvalue weighted by atomic mass is 16.6. The minimum atomic E-state index is -0.547. The highest BCUT2D eigenvalue weighted by molar-refractivity contribution is 6.24. The molecule has 1 aliphatic carbocycles. The van der Waals surface area contributed by atoms with E-state index in [1.165, 1.54) is 6.08 Å². The number of hydrogen-bond acceptors (Lipinski definition) is 6. The van der Waals surface area contributed by atoms with E-state index in [-0.39, 0.29) is 5.78 Å². The molecule has 148 valence electrons. The van der Waals surface area contributed by atoms with Gasteiger partial charge in [-0.1, -0.05) is 18.2 Å². The number of ketones is 1. The van der Waals surface area contributed by atoms with Gasteiger partial charge >= 0.3 is 6.09 Å². The number of aromatic nitrogens is 2. The number of carbonyl (C=O) groups excluding carboxylic acids is 2. The largest absolute Gasteiger partial charge is 0.444 e. The average molecular weight is 390 g/mol. The van der Waals surface area contributed by atoms with Gasteiger partial charge in [0, 0.05) is 36.1 Å². The summed E-state index contributed by atoms with van der Waals surface area (Å²) in [6.45, 7) is 6.20. The first-order valence-corrected chi connectivity index (χ1v) is 9.48. The Kier molecular flexibility index (Phi) is 4.66. The van der Waals surface area contributed by atoms with Gasteiger partial charge in [0.2, 0.25) is 5.78 Å². The molecule has 0 fully saturated rings. The Morgan fingerprint density at radius 2 is 1.86 bits per heavy atom. The Morgan fingerprint density at radius 3 is 2.66 bits per heavy atom. The molecule has 0 aliphatic heterocycles. The summed E-state index contributed by atoms with van der Waals surface area (Å²) >= 11 is 0. The second-order valence-electron chi connectivity index (χ2n) is 7.84. The minimum Gasteiger partial charge on any atom is -0.444 e. The number of nitrogens with one attached hydrogen (secondary N) is 2. The van der Waals surface area contributed by atoms with E-state index in [9.17, 15) is 9.59 Å². The smallest absolute Gasteiger partial charge is 0.407 e. The van der Waals surface area contributed by atoms with E-state index in [0.29, 0.717) is 30.2 Å². The van der Waals surface area contributed by atoms with Crippen LogP contribution in [0.25, 0.3) is 27.4 Å². The molecule has 0 unspecified atom stereocenters. The Hall–Kier alpha value is -3.48. The molecule has 2 aromatic heterocycles. The lowest BCUT2D eigenvalue weighted by Gasteiger charge is -2.21. The molecule has 7 nitrogen and oxygen atoms in total. The van der Waals surface area contributed by atoms with Gasteiger partial charge in [-0.15, -0.1) is 0 Å². The van der Waals surface area contributed by atoms with Gasteiger partial charge in [-0.2, -0.15) is 0 Å². The molecule has 4 rings (SSSR count). The minimum absolute atomic E-state index is 0.163. The van der Waals surface area contributed by atoms with Crippen LogP contribution in [0.5, 0.6) is 0 Å². The molecule has 1 amide bonds. The van der Waals surface area contributed by atoms with Gasteiger partial charge in [0.1, 0.15) is 11.3 Å². The molecule has 0 radical (unpaired) electrons. The summed E-state index contributed by atoms with van der Waals surface area (Å²) in [6.07, 6.45) is 2.77. The zero-order chi connectivity index (χ0) is 20.6. The van der Waals surface area contributed by atoms with Crippen molar-refractivity contribution in [2.45, 2.75) is 26.4 Å². The number of hydrogen-bond donors (Lipinski definition) is 2. The number of carbonyl (C=O) groups is 2. The first-order valence-electron chi connectivity index (χ1n) is 9.48. The molecule has 3 aromatic rings. The van der Waals surface area contributed by atoms with E-state index < -0.39 is 11.7 Å². The van der Waals surface area contributed by atoms with Crippen LogP contribution in [0.4, 0.5) is 4.79 Å². The third kappa shape index (κ3) is 3.76. The maximum absolute atomic E-state index is 12.7. The number of amides is 1. The lowest BCUT2D eigenvalue weighted by Crippen LogP contribution is -2.36. The molecule has 1 aliphatic rings. The Morgan fingerprint density at radius 1 is 1.07 bits per heavy atom. The fourth-order valence-corrected chi connectivity index (χ4v) is 3.36. The molecular weight excluding hydrogens is 368 g/mol. The second kappa shape index (κ2) is 7.16. The summed E-state index contributed by atoms with van der Waals surface area (Å²) in [5.41, 5.74) is 1.96. The number of allylic oxidation sites excluding steroid dienone is 1. The maximum atomic E-state index is 12.7. The molecule has 0 saturated carbocycles. The fourth-order valence-electron chi connectivity index (χ4n) is 3.36. The molecule has 0 spiro atoms. The molecule has 7 heteroatoms. The summed E-state index contributed by atoms with van der Waals surface area (Å²) in [4.78, 5) is 33.5. The van der Waals surface area contributed by atoms with Crippen LogP contribution < -0.4 is 10.6 Å². The van der Waals surface area contributed by atoms with E-state index in [1.807, 2.05) is 51.1 Å². The van der Waals surface area contributed by atoms with Crippen molar-refractivity contribution in [3.05, 3.63) is 54.0 Å². The molecule has 0 atom stereocenters. The lowest BCUT2D eigenvalue weighted by molar-refractivity contribution is 0.0528. The van der Waals surface area contributed by atoms with Gasteiger partial charge in [-0.05, 0) is 38.3 Å². The average Bonchev–Trinajstić information content (AvgIpc) is 2.67. The van der Waals surface area contributed by atoms with Crippen LogP contribution in [0.1, 0.15) is 37.0 Å². The molecule has 1 aromatic carbocycles. The number of ether oxygens (including phenoxy) is 1. The van der Waals surface area contributed by atoms with Gasteiger partial charge in [0.15, 0.2) is 0 Å². The maximum Gasteiger partial charge on any atom is 0.407 e. The third-order valence-electron chi connectivity index (χ3n) is 4.49. The summed E-state index contributed by atoms with van der Waals surface area (Å²) in [7, 11) is 0. The first kappa shape index (κ1) is 18.9. The number of para-hydroxylation sites is 1. The van der Waals surface area contributed by atoms with Crippen LogP contribution in [-0.2, 0) is 4.74 Å². The van der Waals surface area contributed by atoms with Gasteiger partial charge < -0.3 is 15.4 Å². The summed E-state index contributed by atoms with van der Waals surface area (Å²) in [5.74, 6) is -0.163. The predicted molar refractivity (Wildman–Crippen MR) is 112 cm³/mol. The number of fused-ring (bicyclic) bond motifs is 2. The zero-order valence-corrected chi connectivity index (χ0v) is 16.6. The van der Waals surface area contributed by atoms with Gasteiger partial charge in [0.25, 0.3) is 0 Å². The normalized spacial score (nSPS) is 13.3. The van der Waals surface area contributed by atoms with E-state index in [1.54, 1.807) is 6.20 Å². The van der Waals surface area contributed by atoms with Crippen molar-refractivity contribution in [2.24, 2.45) is 0 Å². The zero-order valence-electron chi connectivity index (χ0n) is 16.6. The molecule has 2 heterocycles. The Bertz CT molecular complexity index is 1160.